The van der Waals surface area contributed by atoms with E-state index < -0.39 is 0 Å². The number of nitrogens with one attached hydrogen (secondary N) is 1. The molecule has 0 atom stereocenters. The molecule has 0 aliphatic carbocycles. The standard InChI is InChI=1S/C15H19NO3.ClH/c1-2-19-15(18)14-6-7-16-10-12(14)8-11-4-3-5-13(17)9-11;/h3-5,9,16-17H,2,6-8,10H2,1H3;1H. The Morgan fingerprint density at radius 2 is 2.25 bits per heavy atom. The minimum absolute atomic E-state index is 0. The molecule has 2 rings (SSSR count). The van der Waals surface area contributed by atoms with Gasteiger partial charge in [-0.3, -0.25) is 0 Å². The Bertz CT molecular complexity index is 500. The number of phenols is 1. The highest BCUT2D eigenvalue weighted by Crippen LogP contribution is 2.20. The normalized spacial score (nSPS) is 14.7. The van der Waals surface area contributed by atoms with Gasteiger partial charge in [0.05, 0.1) is 6.61 Å². The molecule has 2 N–H and O–H groups in total. The summed E-state index contributed by atoms with van der Waals surface area (Å²) in [4.78, 5) is 11.9. The van der Waals surface area contributed by atoms with E-state index in [0.717, 1.165) is 23.3 Å². The monoisotopic (exact) mass is 297 g/mol. The molecule has 0 aromatic heterocycles. The topological polar surface area (TPSA) is 58.6 Å². The van der Waals surface area contributed by atoms with Gasteiger partial charge >= 0.3 is 5.97 Å². The van der Waals surface area contributed by atoms with E-state index in [1.165, 1.54) is 0 Å². The summed E-state index contributed by atoms with van der Waals surface area (Å²) in [5, 5.41) is 12.7. The lowest BCUT2D eigenvalue weighted by atomic mass is 9.95. The van der Waals surface area contributed by atoms with Crippen LogP contribution in [0, 0.1) is 0 Å². The number of rotatable bonds is 4. The number of phenolic OH excluding ortho intramolecular Hbond substituents is 1. The van der Waals surface area contributed by atoms with Gasteiger partial charge in [-0.1, -0.05) is 12.1 Å². The van der Waals surface area contributed by atoms with Gasteiger partial charge < -0.3 is 15.2 Å². The van der Waals surface area contributed by atoms with Crippen LogP contribution >= 0.6 is 12.4 Å². The zero-order valence-electron chi connectivity index (χ0n) is 11.5. The SMILES string of the molecule is CCOC(=O)C1=C(Cc2cccc(O)c2)CNCC1.Cl. The van der Waals surface area contributed by atoms with Crippen LogP contribution in [-0.2, 0) is 16.0 Å². The first-order valence-corrected chi connectivity index (χ1v) is 6.57. The fourth-order valence-electron chi connectivity index (χ4n) is 2.28. The first-order valence-electron chi connectivity index (χ1n) is 6.57. The molecule has 1 aliphatic rings. The second-order valence-corrected chi connectivity index (χ2v) is 4.58. The molecular formula is C15H20ClNO3. The predicted octanol–water partition coefficient (Wildman–Crippen LogP) is 2.21. The summed E-state index contributed by atoms with van der Waals surface area (Å²) in [5.74, 6) is 0.0405. The van der Waals surface area contributed by atoms with Gasteiger partial charge in [-0.25, -0.2) is 4.79 Å². The molecule has 0 saturated carbocycles. The molecule has 1 aliphatic heterocycles. The van der Waals surface area contributed by atoms with Crippen molar-refractivity contribution < 1.29 is 14.6 Å². The van der Waals surface area contributed by atoms with E-state index >= 15 is 0 Å². The summed E-state index contributed by atoms with van der Waals surface area (Å²) in [6.07, 6.45) is 1.36. The van der Waals surface area contributed by atoms with Crippen molar-refractivity contribution in [3.05, 3.63) is 41.0 Å². The molecule has 4 nitrogen and oxygen atoms in total. The van der Waals surface area contributed by atoms with Crippen LogP contribution in [-0.4, -0.2) is 30.8 Å². The quantitative estimate of drug-likeness (QED) is 0.837. The van der Waals surface area contributed by atoms with E-state index in [0.29, 0.717) is 26.0 Å². The minimum Gasteiger partial charge on any atom is -0.508 e. The molecule has 1 aromatic rings. The Balaban J connectivity index is 0.00000200. The maximum atomic E-state index is 11.9. The molecule has 0 radical (unpaired) electrons. The molecule has 110 valence electrons. The summed E-state index contributed by atoms with van der Waals surface area (Å²) >= 11 is 0. The van der Waals surface area contributed by atoms with Crippen LogP contribution in [0.15, 0.2) is 35.4 Å². The Morgan fingerprint density at radius 3 is 2.95 bits per heavy atom. The smallest absolute Gasteiger partial charge is 0.334 e. The van der Waals surface area contributed by atoms with E-state index in [9.17, 15) is 9.90 Å². The van der Waals surface area contributed by atoms with Crippen molar-refractivity contribution in [2.75, 3.05) is 19.7 Å². The third kappa shape index (κ3) is 4.25. The van der Waals surface area contributed by atoms with E-state index in [1.807, 2.05) is 19.1 Å². The lowest BCUT2D eigenvalue weighted by Gasteiger charge is -2.20. The average Bonchev–Trinajstić information content (AvgIpc) is 2.39. The number of benzene rings is 1. The van der Waals surface area contributed by atoms with Crippen LogP contribution in [0.4, 0.5) is 0 Å². The molecular weight excluding hydrogens is 278 g/mol. The van der Waals surface area contributed by atoms with Gasteiger partial charge in [0.15, 0.2) is 0 Å². The second kappa shape index (κ2) is 7.92. The van der Waals surface area contributed by atoms with E-state index in [2.05, 4.69) is 5.32 Å². The summed E-state index contributed by atoms with van der Waals surface area (Å²) in [5.41, 5.74) is 2.83. The predicted molar refractivity (Wildman–Crippen MR) is 80.2 cm³/mol. The molecule has 1 heterocycles. The highest BCUT2D eigenvalue weighted by Gasteiger charge is 2.19. The van der Waals surface area contributed by atoms with E-state index in [-0.39, 0.29) is 24.1 Å². The lowest BCUT2D eigenvalue weighted by molar-refractivity contribution is -0.138. The van der Waals surface area contributed by atoms with Crippen LogP contribution in [0.25, 0.3) is 0 Å². The summed E-state index contributed by atoms with van der Waals surface area (Å²) in [6, 6.07) is 7.13. The van der Waals surface area contributed by atoms with Crippen LogP contribution in [0.3, 0.4) is 0 Å². The van der Waals surface area contributed by atoms with Crippen molar-refractivity contribution in [1.82, 2.24) is 5.32 Å². The number of halogens is 1. The molecule has 20 heavy (non-hydrogen) atoms. The van der Waals surface area contributed by atoms with Crippen LogP contribution in [0.5, 0.6) is 5.75 Å². The van der Waals surface area contributed by atoms with Crippen molar-refractivity contribution in [3.63, 3.8) is 0 Å². The molecule has 0 amide bonds. The maximum absolute atomic E-state index is 11.9. The Labute approximate surface area is 125 Å². The fraction of sp³-hybridized carbons (Fsp3) is 0.400. The highest BCUT2D eigenvalue weighted by molar-refractivity contribution is 5.89. The Morgan fingerprint density at radius 1 is 1.45 bits per heavy atom. The molecule has 0 bridgehead atoms. The average molecular weight is 298 g/mol. The van der Waals surface area contributed by atoms with Crippen molar-refractivity contribution in [1.29, 1.82) is 0 Å². The number of hydrogen-bond acceptors (Lipinski definition) is 4. The molecule has 0 saturated heterocycles. The number of carbonyl (C=O) groups is 1. The molecule has 1 aromatic carbocycles. The zero-order valence-corrected chi connectivity index (χ0v) is 12.3. The molecule has 0 spiro atoms. The minimum atomic E-state index is -0.209. The molecule has 0 fully saturated rings. The van der Waals surface area contributed by atoms with Crippen LogP contribution < -0.4 is 5.32 Å². The second-order valence-electron chi connectivity index (χ2n) is 4.58. The number of carbonyl (C=O) groups excluding carboxylic acids is 1. The van der Waals surface area contributed by atoms with Crippen molar-refractivity contribution >= 4 is 18.4 Å². The van der Waals surface area contributed by atoms with Gasteiger partial charge in [-0.05, 0) is 49.6 Å². The number of ether oxygens (including phenoxy) is 1. The van der Waals surface area contributed by atoms with Gasteiger partial charge in [0.1, 0.15) is 5.75 Å². The van der Waals surface area contributed by atoms with Gasteiger partial charge in [-0.2, -0.15) is 0 Å². The van der Waals surface area contributed by atoms with E-state index in [4.69, 9.17) is 4.74 Å². The molecule has 0 unspecified atom stereocenters. The number of hydrogen-bond donors (Lipinski definition) is 2. The maximum Gasteiger partial charge on any atom is 0.334 e. The summed E-state index contributed by atoms with van der Waals surface area (Å²) in [7, 11) is 0. The van der Waals surface area contributed by atoms with Crippen LogP contribution in [0.2, 0.25) is 0 Å². The summed E-state index contributed by atoms with van der Waals surface area (Å²) in [6.45, 7) is 3.71. The van der Waals surface area contributed by atoms with Crippen molar-refractivity contribution in [3.8, 4) is 5.75 Å². The van der Waals surface area contributed by atoms with Crippen LogP contribution in [0.1, 0.15) is 18.9 Å². The van der Waals surface area contributed by atoms with E-state index in [1.54, 1.807) is 12.1 Å². The third-order valence-corrected chi connectivity index (χ3v) is 3.17. The Hall–Kier alpha value is -1.52. The summed E-state index contributed by atoms with van der Waals surface area (Å²) < 4.78 is 5.10. The third-order valence-electron chi connectivity index (χ3n) is 3.17. The molecule has 5 heteroatoms. The Kier molecular flexibility index (Phi) is 6.55. The number of esters is 1. The van der Waals surface area contributed by atoms with Crippen molar-refractivity contribution in [2.24, 2.45) is 0 Å². The van der Waals surface area contributed by atoms with Gasteiger partial charge in [0, 0.05) is 12.1 Å². The van der Waals surface area contributed by atoms with Gasteiger partial charge in [0.25, 0.3) is 0 Å². The largest absolute Gasteiger partial charge is 0.508 e. The van der Waals surface area contributed by atoms with Gasteiger partial charge in [-0.15, -0.1) is 12.4 Å². The lowest BCUT2D eigenvalue weighted by Crippen LogP contribution is -2.29. The van der Waals surface area contributed by atoms with Crippen molar-refractivity contribution in [2.45, 2.75) is 19.8 Å². The van der Waals surface area contributed by atoms with Gasteiger partial charge in [0.2, 0.25) is 0 Å². The first kappa shape index (κ1) is 16.5. The highest BCUT2D eigenvalue weighted by atomic mass is 35.5. The fourth-order valence-corrected chi connectivity index (χ4v) is 2.28. The zero-order chi connectivity index (χ0) is 13.7. The number of aromatic hydroxyl groups is 1. The first-order chi connectivity index (χ1) is 9.20.